The molecule has 1 aromatic carbocycles. The van der Waals surface area contributed by atoms with E-state index in [2.05, 4.69) is 30.9 Å². The largest absolute Gasteiger partial charge is 0.480 e. The average Bonchev–Trinajstić information content (AvgIpc) is 2.46. The summed E-state index contributed by atoms with van der Waals surface area (Å²) in [5.41, 5.74) is 2.25. The Morgan fingerprint density at radius 2 is 1.80 bits per heavy atom. The molecule has 0 aliphatic heterocycles. The van der Waals surface area contributed by atoms with Crippen LogP contribution in [0.1, 0.15) is 44.6 Å². The second-order valence-electron chi connectivity index (χ2n) is 5.94. The lowest BCUT2D eigenvalue weighted by molar-refractivity contribution is -0.135. The molecule has 0 bridgehead atoms. The predicted molar refractivity (Wildman–Crippen MR) is 82.2 cm³/mol. The molecule has 2 rings (SSSR count). The summed E-state index contributed by atoms with van der Waals surface area (Å²) < 4.78 is 0. The van der Waals surface area contributed by atoms with Gasteiger partial charge in [0.05, 0.1) is 0 Å². The normalized spacial score (nSPS) is 22.5. The van der Waals surface area contributed by atoms with Crippen LogP contribution in [-0.2, 0) is 4.79 Å². The lowest BCUT2D eigenvalue weighted by Crippen LogP contribution is -2.41. The molecular formula is C17H25NO2. The highest BCUT2D eigenvalue weighted by Crippen LogP contribution is 2.31. The number of rotatable bonds is 5. The highest BCUT2D eigenvalue weighted by atomic mass is 16.4. The summed E-state index contributed by atoms with van der Waals surface area (Å²) in [6, 6.07) is 8.58. The number of hydrogen-bond donors (Lipinski definition) is 1. The van der Waals surface area contributed by atoms with Gasteiger partial charge in [0.15, 0.2) is 0 Å². The maximum absolute atomic E-state index is 11.2. The molecule has 0 amide bonds. The quantitative estimate of drug-likeness (QED) is 0.887. The SMILES string of the molecule is CCC1CCC(N(CC(=O)O)c2ccc(C)cc2)CC1. The second kappa shape index (κ2) is 6.78. The van der Waals surface area contributed by atoms with E-state index < -0.39 is 5.97 Å². The Labute approximate surface area is 121 Å². The molecule has 110 valence electrons. The minimum Gasteiger partial charge on any atom is -0.480 e. The summed E-state index contributed by atoms with van der Waals surface area (Å²) in [5.74, 6) is 0.0825. The van der Waals surface area contributed by atoms with Crippen molar-refractivity contribution in [1.29, 1.82) is 0 Å². The van der Waals surface area contributed by atoms with Crippen molar-refractivity contribution >= 4 is 11.7 Å². The van der Waals surface area contributed by atoms with Gasteiger partial charge < -0.3 is 10.0 Å². The van der Waals surface area contributed by atoms with Crippen LogP contribution in [0.3, 0.4) is 0 Å². The monoisotopic (exact) mass is 275 g/mol. The molecule has 3 heteroatoms. The van der Waals surface area contributed by atoms with Gasteiger partial charge in [0.2, 0.25) is 0 Å². The van der Waals surface area contributed by atoms with E-state index in [4.69, 9.17) is 0 Å². The molecule has 3 nitrogen and oxygen atoms in total. The fourth-order valence-electron chi connectivity index (χ4n) is 3.18. The second-order valence-corrected chi connectivity index (χ2v) is 5.94. The smallest absolute Gasteiger partial charge is 0.323 e. The molecule has 0 radical (unpaired) electrons. The van der Waals surface area contributed by atoms with Gasteiger partial charge in [-0.1, -0.05) is 31.0 Å². The molecular weight excluding hydrogens is 250 g/mol. The van der Waals surface area contributed by atoms with Crippen LogP contribution in [0.5, 0.6) is 0 Å². The molecule has 0 unspecified atom stereocenters. The highest BCUT2D eigenvalue weighted by molar-refractivity contribution is 5.74. The third-order valence-electron chi connectivity index (χ3n) is 4.51. The van der Waals surface area contributed by atoms with Crippen molar-refractivity contribution in [2.75, 3.05) is 11.4 Å². The molecule has 0 saturated heterocycles. The van der Waals surface area contributed by atoms with Gasteiger partial charge in [-0.25, -0.2) is 0 Å². The van der Waals surface area contributed by atoms with Crippen molar-refractivity contribution in [2.45, 2.75) is 52.0 Å². The number of anilines is 1. The molecule has 1 aliphatic rings. The number of carbonyl (C=O) groups is 1. The van der Waals surface area contributed by atoms with Gasteiger partial charge in [-0.3, -0.25) is 4.79 Å². The number of aliphatic carboxylic acids is 1. The third kappa shape index (κ3) is 3.75. The van der Waals surface area contributed by atoms with E-state index in [9.17, 15) is 9.90 Å². The van der Waals surface area contributed by atoms with E-state index >= 15 is 0 Å². The molecule has 1 aliphatic carbocycles. The summed E-state index contributed by atoms with van der Waals surface area (Å²) in [7, 11) is 0. The van der Waals surface area contributed by atoms with Crippen LogP contribution >= 0.6 is 0 Å². The maximum Gasteiger partial charge on any atom is 0.323 e. The van der Waals surface area contributed by atoms with Crippen LogP contribution in [0, 0.1) is 12.8 Å². The minimum atomic E-state index is -0.747. The molecule has 1 saturated carbocycles. The van der Waals surface area contributed by atoms with Crippen LogP contribution in [0.15, 0.2) is 24.3 Å². The summed E-state index contributed by atoms with van der Waals surface area (Å²) in [6.45, 7) is 4.41. The number of nitrogens with zero attached hydrogens (tertiary/aromatic N) is 1. The van der Waals surface area contributed by atoms with Gasteiger partial charge in [0.25, 0.3) is 0 Å². The van der Waals surface area contributed by atoms with E-state index in [-0.39, 0.29) is 6.54 Å². The number of carboxylic acids is 1. The zero-order chi connectivity index (χ0) is 14.5. The lowest BCUT2D eigenvalue weighted by atomic mass is 9.83. The zero-order valence-corrected chi connectivity index (χ0v) is 12.5. The number of hydrogen-bond acceptors (Lipinski definition) is 2. The first kappa shape index (κ1) is 14.9. The van der Waals surface area contributed by atoms with Crippen LogP contribution in [0.25, 0.3) is 0 Å². The first-order valence-corrected chi connectivity index (χ1v) is 7.65. The maximum atomic E-state index is 11.2. The molecule has 1 fully saturated rings. The summed E-state index contributed by atoms with van der Waals surface area (Å²) in [5, 5.41) is 9.19. The van der Waals surface area contributed by atoms with Crippen LogP contribution in [0.4, 0.5) is 5.69 Å². The van der Waals surface area contributed by atoms with E-state index in [1.54, 1.807) is 0 Å². The van der Waals surface area contributed by atoms with Gasteiger partial charge >= 0.3 is 5.97 Å². The van der Waals surface area contributed by atoms with Crippen molar-refractivity contribution in [1.82, 2.24) is 0 Å². The fraction of sp³-hybridized carbons (Fsp3) is 0.588. The first-order chi connectivity index (χ1) is 9.60. The van der Waals surface area contributed by atoms with Crippen LogP contribution < -0.4 is 4.90 Å². The summed E-state index contributed by atoms with van der Waals surface area (Å²) >= 11 is 0. The standard InChI is InChI=1S/C17H25NO2/c1-3-14-6-10-16(11-7-14)18(12-17(19)20)15-8-4-13(2)5-9-15/h4-5,8-9,14,16H,3,6-7,10-12H2,1-2H3,(H,19,20). The summed E-state index contributed by atoms with van der Waals surface area (Å²) in [6.07, 6.45) is 5.92. The van der Waals surface area contributed by atoms with E-state index in [1.807, 2.05) is 12.1 Å². The Morgan fingerprint density at radius 3 is 2.30 bits per heavy atom. The van der Waals surface area contributed by atoms with Crippen molar-refractivity contribution in [3.63, 3.8) is 0 Å². The Bertz CT molecular complexity index is 433. The molecule has 0 heterocycles. The van der Waals surface area contributed by atoms with E-state index in [0.29, 0.717) is 6.04 Å². The lowest BCUT2D eigenvalue weighted by Gasteiger charge is -2.37. The first-order valence-electron chi connectivity index (χ1n) is 7.65. The number of carboxylic acid groups (broad SMARTS) is 1. The third-order valence-corrected chi connectivity index (χ3v) is 4.51. The average molecular weight is 275 g/mol. The fourth-order valence-corrected chi connectivity index (χ4v) is 3.18. The van der Waals surface area contributed by atoms with Crippen LogP contribution in [-0.4, -0.2) is 23.7 Å². The number of aryl methyl sites for hydroxylation is 1. The molecule has 1 aromatic rings. The Hall–Kier alpha value is -1.51. The van der Waals surface area contributed by atoms with Crippen molar-refractivity contribution in [2.24, 2.45) is 5.92 Å². The Balaban J connectivity index is 2.11. The topological polar surface area (TPSA) is 40.5 Å². The Morgan fingerprint density at radius 1 is 1.20 bits per heavy atom. The Kier molecular flexibility index (Phi) is 5.05. The van der Waals surface area contributed by atoms with Crippen LogP contribution in [0.2, 0.25) is 0 Å². The zero-order valence-electron chi connectivity index (χ0n) is 12.5. The molecule has 20 heavy (non-hydrogen) atoms. The van der Waals surface area contributed by atoms with Gasteiger partial charge in [0.1, 0.15) is 6.54 Å². The molecule has 0 aromatic heterocycles. The predicted octanol–water partition coefficient (Wildman–Crippen LogP) is 3.85. The molecule has 0 spiro atoms. The van der Waals surface area contributed by atoms with E-state index in [1.165, 1.54) is 24.8 Å². The van der Waals surface area contributed by atoms with Crippen molar-refractivity contribution in [3.05, 3.63) is 29.8 Å². The molecule has 1 N–H and O–H groups in total. The van der Waals surface area contributed by atoms with Crippen molar-refractivity contribution in [3.8, 4) is 0 Å². The highest BCUT2D eigenvalue weighted by Gasteiger charge is 2.26. The van der Waals surface area contributed by atoms with Gasteiger partial charge in [-0.05, 0) is 50.7 Å². The van der Waals surface area contributed by atoms with Crippen molar-refractivity contribution < 1.29 is 9.90 Å². The van der Waals surface area contributed by atoms with Gasteiger partial charge in [0, 0.05) is 11.7 Å². The van der Waals surface area contributed by atoms with Gasteiger partial charge in [-0.15, -0.1) is 0 Å². The molecule has 0 atom stereocenters. The minimum absolute atomic E-state index is 0.102. The number of benzene rings is 1. The summed E-state index contributed by atoms with van der Waals surface area (Å²) in [4.78, 5) is 13.2. The van der Waals surface area contributed by atoms with Gasteiger partial charge in [-0.2, -0.15) is 0 Å². The van der Waals surface area contributed by atoms with E-state index in [0.717, 1.165) is 24.4 Å².